The number of aryl methyl sites for hydroxylation is 1. The van der Waals surface area contributed by atoms with Crippen molar-refractivity contribution in [1.29, 1.82) is 0 Å². The van der Waals surface area contributed by atoms with Gasteiger partial charge in [0.05, 0.1) is 18.9 Å². The minimum atomic E-state index is -0.511. The van der Waals surface area contributed by atoms with E-state index in [9.17, 15) is 9.18 Å². The van der Waals surface area contributed by atoms with E-state index < -0.39 is 5.82 Å². The molecule has 7 nitrogen and oxygen atoms in total. The molecule has 0 bridgehead atoms. The molecular formula is C24H21FN4O3. The summed E-state index contributed by atoms with van der Waals surface area (Å²) in [7, 11) is 3.34. The number of aromatic nitrogens is 3. The van der Waals surface area contributed by atoms with Gasteiger partial charge in [0.1, 0.15) is 11.6 Å². The van der Waals surface area contributed by atoms with Crippen molar-refractivity contribution < 1.29 is 18.4 Å². The van der Waals surface area contributed by atoms with Crippen molar-refractivity contribution in [1.82, 2.24) is 19.8 Å². The van der Waals surface area contributed by atoms with Crippen LogP contribution in [0.15, 0.2) is 65.4 Å². The van der Waals surface area contributed by atoms with Crippen LogP contribution in [0.2, 0.25) is 0 Å². The number of carbonyl (C=O) groups is 1. The Bertz CT molecular complexity index is 1300. The van der Waals surface area contributed by atoms with Gasteiger partial charge in [-0.25, -0.2) is 4.39 Å². The molecule has 1 aliphatic heterocycles. The van der Waals surface area contributed by atoms with Gasteiger partial charge >= 0.3 is 0 Å². The zero-order valence-corrected chi connectivity index (χ0v) is 17.7. The normalized spacial score (nSPS) is 15.5. The van der Waals surface area contributed by atoms with Crippen LogP contribution in [0, 0.1) is 5.82 Å². The summed E-state index contributed by atoms with van der Waals surface area (Å²) >= 11 is 0. The molecule has 0 aliphatic carbocycles. The van der Waals surface area contributed by atoms with Gasteiger partial charge in [0.25, 0.3) is 5.91 Å². The Balaban J connectivity index is 1.44. The van der Waals surface area contributed by atoms with Gasteiger partial charge in [-0.2, -0.15) is 5.10 Å². The summed E-state index contributed by atoms with van der Waals surface area (Å²) in [6.45, 7) is 0.950. The van der Waals surface area contributed by atoms with Gasteiger partial charge in [-0.3, -0.25) is 9.48 Å². The molecule has 0 spiro atoms. The Morgan fingerprint density at radius 1 is 1.22 bits per heavy atom. The first-order valence-corrected chi connectivity index (χ1v) is 10.2. The third-order valence-electron chi connectivity index (χ3n) is 5.78. The smallest absolute Gasteiger partial charge is 0.276 e. The van der Waals surface area contributed by atoms with E-state index in [4.69, 9.17) is 9.26 Å². The minimum Gasteiger partial charge on any atom is -0.497 e. The van der Waals surface area contributed by atoms with E-state index in [-0.39, 0.29) is 28.8 Å². The second-order valence-electron chi connectivity index (χ2n) is 7.81. The summed E-state index contributed by atoms with van der Waals surface area (Å²) < 4.78 is 26.5. The van der Waals surface area contributed by atoms with E-state index in [0.29, 0.717) is 18.8 Å². The molecular weight excluding hydrogens is 411 g/mol. The van der Waals surface area contributed by atoms with Crippen LogP contribution in [-0.2, 0) is 13.6 Å². The summed E-state index contributed by atoms with van der Waals surface area (Å²) in [6, 6.07) is 14.0. The fourth-order valence-electron chi connectivity index (χ4n) is 4.15. The maximum Gasteiger partial charge on any atom is 0.276 e. The van der Waals surface area contributed by atoms with Gasteiger partial charge in [-0.15, -0.1) is 0 Å². The summed E-state index contributed by atoms with van der Waals surface area (Å²) in [5.74, 6) is -0.187. The van der Waals surface area contributed by atoms with Crippen LogP contribution in [0.3, 0.4) is 0 Å². The Kier molecular flexibility index (Phi) is 4.97. The fourth-order valence-corrected chi connectivity index (χ4v) is 4.15. The van der Waals surface area contributed by atoms with Crippen molar-refractivity contribution in [2.75, 3.05) is 13.7 Å². The minimum absolute atomic E-state index is 0.00278. The molecule has 1 atom stereocenters. The van der Waals surface area contributed by atoms with Crippen molar-refractivity contribution in [3.05, 3.63) is 89.1 Å². The zero-order valence-electron chi connectivity index (χ0n) is 17.7. The van der Waals surface area contributed by atoms with Crippen LogP contribution in [0.4, 0.5) is 4.39 Å². The van der Waals surface area contributed by atoms with Crippen molar-refractivity contribution >= 4 is 5.91 Å². The monoisotopic (exact) mass is 432 g/mol. The molecule has 1 aliphatic rings. The number of methoxy groups -OCH3 is 1. The highest BCUT2D eigenvalue weighted by molar-refractivity contribution is 5.93. The number of fused-ring (bicyclic) bond motifs is 1. The van der Waals surface area contributed by atoms with E-state index >= 15 is 0 Å². The SMILES string of the molecule is COc1ccc(-c2cc(C(=O)N3Cc4ccccc4C(c4cnn(C)c4)C3)no2)c(F)c1. The molecule has 1 amide bonds. The third kappa shape index (κ3) is 3.53. The predicted octanol–water partition coefficient (Wildman–Crippen LogP) is 4.01. The van der Waals surface area contributed by atoms with E-state index in [1.54, 1.807) is 21.7 Å². The second kappa shape index (κ2) is 7.96. The highest BCUT2D eigenvalue weighted by Crippen LogP contribution is 2.34. The number of hydrogen-bond acceptors (Lipinski definition) is 5. The molecule has 2 aromatic heterocycles. The van der Waals surface area contributed by atoms with Crippen LogP contribution in [0.25, 0.3) is 11.3 Å². The Morgan fingerprint density at radius 2 is 2.06 bits per heavy atom. The molecule has 8 heteroatoms. The highest BCUT2D eigenvalue weighted by Gasteiger charge is 2.31. The van der Waals surface area contributed by atoms with Crippen molar-refractivity contribution in [3.63, 3.8) is 0 Å². The summed E-state index contributed by atoms with van der Waals surface area (Å²) in [5, 5.41) is 8.22. The number of hydrogen-bond donors (Lipinski definition) is 0. The molecule has 0 saturated carbocycles. The Hall–Kier alpha value is -3.94. The molecule has 32 heavy (non-hydrogen) atoms. The summed E-state index contributed by atoms with van der Waals surface area (Å²) in [6.07, 6.45) is 3.80. The van der Waals surface area contributed by atoms with Gasteiger partial charge in [-0.1, -0.05) is 29.4 Å². The largest absolute Gasteiger partial charge is 0.497 e. The Morgan fingerprint density at radius 3 is 2.81 bits per heavy atom. The van der Waals surface area contributed by atoms with E-state index in [0.717, 1.165) is 11.1 Å². The number of ether oxygens (including phenoxy) is 1. The molecule has 5 rings (SSSR count). The van der Waals surface area contributed by atoms with Gasteiger partial charge in [0.2, 0.25) is 0 Å². The van der Waals surface area contributed by atoms with E-state index in [1.165, 1.54) is 24.8 Å². The molecule has 4 aromatic rings. The molecule has 0 saturated heterocycles. The number of carbonyl (C=O) groups excluding carboxylic acids is 1. The van der Waals surface area contributed by atoms with E-state index in [1.807, 2.05) is 37.6 Å². The first kappa shape index (κ1) is 20.0. The summed E-state index contributed by atoms with van der Waals surface area (Å²) in [5.41, 5.74) is 3.66. The predicted molar refractivity (Wildman–Crippen MR) is 115 cm³/mol. The van der Waals surface area contributed by atoms with Gasteiger partial charge in [-0.05, 0) is 28.8 Å². The molecule has 1 unspecified atom stereocenters. The number of halogens is 1. The molecule has 0 fully saturated rings. The van der Waals surface area contributed by atoms with Crippen molar-refractivity contribution in [2.24, 2.45) is 7.05 Å². The van der Waals surface area contributed by atoms with Crippen LogP contribution >= 0.6 is 0 Å². The van der Waals surface area contributed by atoms with Gasteiger partial charge in [0.15, 0.2) is 11.5 Å². The topological polar surface area (TPSA) is 73.4 Å². The zero-order chi connectivity index (χ0) is 22.2. The fraction of sp³-hybridized carbons (Fsp3) is 0.208. The lowest BCUT2D eigenvalue weighted by atomic mass is 9.86. The van der Waals surface area contributed by atoms with Crippen LogP contribution < -0.4 is 4.74 Å². The molecule has 162 valence electrons. The van der Waals surface area contributed by atoms with E-state index in [2.05, 4.69) is 16.3 Å². The van der Waals surface area contributed by atoms with Crippen LogP contribution in [0.5, 0.6) is 5.75 Å². The first-order chi connectivity index (χ1) is 15.5. The van der Waals surface area contributed by atoms with Gasteiger partial charge in [0, 0.05) is 44.4 Å². The number of amides is 1. The lowest BCUT2D eigenvalue weighted by Gasteiger charge is -2.34. The Labute approximate surface area is 184 Å². The average molecular weight is 432 g/mol. The van der Waals surface area contributed by atoms with Crippen LogP contribution in [-0.4, -0.2) is 39.4 Å². The highest BCUT2D eigenvalue weighted by atomic mass is 19.1. The lowest BCUT2D eigenvalue weighted by Crippen LogP contribution is -2.38. The summed E-state index contributed by atoms with van der Waals surface area (Å²) in [4.78, 5) is 15.0. The first-order valence-electron chi connectivity index (χ1n) is 10.2. The van der Waals surface area contributed by atoms with Gasteiger partial charge < -0.3 is 14.2 Å². The van der Waals surface area contributed by atoms with Crippen molar-refractivity contribution in [2.45, 2.75) is 12.5 Å². The number of nitrogens with zero attached hydrogens (tertiary/aromatic N) is 4. The standard InChI is InChI=1S/C24H21FN4O3/c1-28-12-16(11-26-28)20-14-29(13-15-5-3-4-6-18(15)20)24(30)22-10-23(32-27-22)19-8-7-17(31-2)9-21(19)25/h3-12,20H,13-14H2,1-2H3. The maximum atomic E-state index is 14.4. The quantitative estimate of drug-likeness (QED) is 0.487. The van der Waals surface area contributed by atoms with Crippen molar-refractivity contribution in [3.8, 4) is 17.1 Å². The second-order valence-corrected chi connectivity index (χ2v) is 7.81. The number of rotatable bonds is 4. The maximum absolute atomic E-state index is 14.4. The lowest BCUT2D eigenvalue weighted by molar-refractivity contribution is 0.0714. The molecule has 2 aromatic carbocycles. The van der Waals surface area contributed by atoms with Crippen LogP contribution in [0.1, 0.15) is 33.1 Å². The molecule has 3 heterocycles. The number of benzene rings is 2. The average Bonchev–Trinajstić information content (AvgIpc) is 3.47. The molecule has 0 radical (unpaired) electrons. The third-order valence-corrected chi connectivity index (χ3v) is 5.78. The molecule has 0 N–H and O–H groups in total.